The SMILES string of the molecule is CCC(C)NCCn1ncc2ccccc2c1=O. The molecule has 1 atom stereocenters. The van der Waals surface area contributed by atoms with Gasteiger partial charge in [-0.2, -0.15) is 5.10 Å². The highest BCUT2D eigenvalue weighted by atomic mass is 16.1. The molecule has 1 heterocycles. The molecular weight excluding hydrogens is 226 g/mol. The van der Waals surface area contributed by atoms with Gasteiger partial charge in [-0.15, -0.1) is 0 Å². The van der Waals surface area contributed by atoms with E-state index in [0.717, 1.165) is 23.7 Å². The highest BCUT2D eigenvalue weighted by Crippen LogP contribution is 2.05. The molecule has 1 aromatic carbocycles. The summed E-state index contributed by atoms with van der Waals surface area (Å²) in [5.74, 6) is 0. The maximum Gasteiger partial charge on any atom is 0.274 e. The molecule has 18 heavy (non-hydrogen) atoms. The standard InChI is InChI=1S/C14H19N3O/c1-3-11(2)15-8-9-17-14(18)13-7-5-4-6-12(13)10-16-17/h4-7,10-11,15H,3,8-9H2,1-2H3. The third kappa shape index (κ3) is 2.76. The monoisotopic (exact) mass is 245 g/mol. The molecule has 0 saturated heterocycles. The number of benzene rings is 1. The fourth-order valence-corrected chi connectivity index (χ4v) is 1.85. The Morgan fingerprint density at radius 1 is 1.39 bits per heavy atom. The van der Waals surface area contributed by atoms with Crippen molar-refractivity contribution in [3.8, 4) is 0 Å². The summed E-state index contributed by atoms with van der Waals surface area (Å²) in [5.41, 5.74) is -0.0148. The summed E-state index contributed by atoms with van der Waals surface area (Å²) < 4.78 is 1.53. The van der Waals surface area contributed by atoms with Crippen LogP contribution in [0.3, 0.4) is 0 Å². The third-order valence-electron chi connectivity index (χ3n) is 3.19. The van der Waals surface area contributed by atoms with Crippen molar-refractivity contribution in [3.05, 3.63) is 40.8 Å². The van der Waals surface area contributed by atoms with Gasteiger partial charge in [0.05, 0.1) is 18.1 Å². The molecule has 0 spiro atoms. The maximum absolute atomic E-state index is 12.1. The number of aromatic nitrogens is 2. The van der Waals surface area contributed by atoms with Gasteiger partial charge in [-0.1, -0.05) is 25.1 Å². The second kappa shape index (κ2) is 5.78. The first kappa shape index (κ1) is 12.8. The van der Waals surface area contributed by atoms with Gasteiger partial charge in [0.25, 0.3) is 5.56 Å². The topological polar surface area (TPSA) is 46.9 Å². The summed E-state index contributed by atoms with van der Waals surface area (Å²) in [4.78, 5) is 12.1. The lowest BCUT2D eigenvalue weighted by Gasteiger charge is -2.11. The first-order valence-corrected chi connectivity index (χ1v) is 6.40. The zero-order valence-electron chi connectivity index (χ0n) is 10.9. The van der Waals surface area contributed by atoms with Gasteiger partial charge in [-0.05, 0) is 19.4 Å². The Balaban J connectivity index is 2.14. The number of rotatable bonds is 5. The van der Waals surface area contributed by atoms with Crippen LogP contribution in [0, 0.1) is 0 Å². The summed E-state index contributed by atoms with van der Waals surface area (Å²) in [5, 5.41) is 9.18. The normalized spacial score (nSPS) is 12.8. The van der Waals surface area contributed by atoms with Crippen LogP contribution >= 0.6 is 0 Å². The van der Waals surface area contributed by atoms with E-state index in [9.17, 15) is 4.79 Å². The largest absolute Gasteiger partial charge is 0.312 e. The summed E-state index contributed by atoms with van der Waals surface area (Å²) in [6, 6.07) is 8.02. The molecule has 0 amide bonds. The molecule has 0 aliphatic rings. The molecule has 1 N–H and O–H groups in total. The van der Waals surface area contributed by atoms with Crippen molar-refractivity contribution in [1.29, 1.82) is 0 Å². The Hall–Kier alpha value is -1.68. The molecule has 4 nitrogen and oxygen atoms in total. The van der Waals surface area contributed by atoms with Gasteiger partial charge >= 0.3 is 0 Å². The first-order valence-electron chi connectivity index (χ1n) is 6.40. The smallest absolute Gasteiger partial charge is 0.274 e. The molecule has 0 radical (unpaired) electrons. The first-order chi connectivity index (χ1) is 8.72. The van der Waals surface area contributed by atoms with Gasteiger partial charge in [0.1, 0.15) is 0 Å². The second-order valence-electron chi connectivity index (χ2n) is 4.52. The lowest BCUT2D eigenvalue weighted by molar-refractivity contribution is 0.478. The van der Waals surface area contributed by atoms with Gasteiger partial charge in [0.15, 0.2) is 0 Å². The highest BCUT2D eigenvalue weighted by Gasteiger charge is 2.03. The Morgan fingerprint density at radius 2 is 2.17 bits per heavy atom. The quantitative estimate of drug-likeness (QED) is 0.873. The number of nitrogens with zero attached hydrogens (tertiary/aromatic N) is 2. The third-order valence-corrected chi connectivity index (χ3v) is 3.19. The lowest BCUT2D eigenvalue weighted by Crippen LogP contribution is -2.32. The summed E-state index contributed by atoms with van der Waals surface area (Å²) >= 11 is 0. The molecule has 4 heteroatoms. The van der Waals surface area contributed by atoms with Crippen molar-refractivity contribution in [2.75, 3.05) is 6.54 Å². The molecule has 2 rings (SSSR count). The van der Waals surface area contributed by atoms with Crippen molar-refractivity contribution in [3.63, 3.8) is 0 Å². The molecule has 0 aliphatic heterocycles. The average Bonchev–Trinajstić information content (AvgIpc) is 2.41. The van der Waals surface area contributed by atoms with Crippen molar-refractivity contribution in [1.82, 2.24) is 15.1 Å². The van der Waals surface area contributed by atoms with Crippen molar-refractivity contribution in [2.45, 2.75) is 32.9 Å². The molecule has 0 aliphatic carbocycles. The van der Waals surface area contributed by atoms with E-state index in [1.165, 1.54) is 4.68 Å². The van der Waals surface area contributed by atoms with E-state index in [2.05, 4.69) is 24.3 Å². The van der Waals surface area contributed by atoms with Crippen LogP contribution in [0.1, 0.15) is 20.3 Å². The lowest BCUT2D eigenvalue weighted by atomic mass is 10.2. The van der Waals surface area contributed by atoms with Crippen molar-refractivity contribution >= 4 is 10.8 Å². The molecule has 0 saturated carbocycles. The number of fused-ring (bicyclic) bond motifs is 1. The average molecular weight is 245 g/mol. The number of hydrogen-bond donors (Lipinski definition) is 1. The fourth-order valence-electron chi connectivity index (χ4n) is 1.85. The molecule has 96 valence electrons. The fraction of sp³-hybridized carbons (Fsp3) is 0.429. The van der Waals surface area contributed by atoms with E-state index in [0.29, 0.717) is 12.6 Å². The summed E-state index contributed by atoms with van der Waals surface area (Å²) in [6.45, 7) is 5.64. The predicted octanol–water partition coefficient (Wildman–Crippen LogP) is 1.78. The zero-order valence-corrected chi connectivity index (χ0v) is 10.9. The van der Waals surface area contributed by atoms with Crippen LogP contribution in [0.25, 0.3) is 10.8 Å². The van der Waals surface area contributed by atoms with Gasteiger partial charge in [0.2, 0.25) is 0 Å². The molecule has 0 bridgehead atoms. The van der Waals surface area contributed by atoms with Crippen LogP contribution < -0.4 is 10.9 Å². The van der Waals surface area contributed by atoms with Crippen LogP contribution in [0.15, 0.2) is 35.3 Å². The minimum Gasteiger partial charge on any atom is -0.312 e. The van der Waals surface area contributed by atoms with E-state index < -0.39 is 0 Å². The van der Waals surface area contributed by atoms with Crippen LogP contribution in [-0.2, 0) is 6.54 Å². The Kier molecular flexibility index (Phi) is 4.10. The minimum absolute atomic E-state index is 0.0148. The summed E-state index contributed by atoms with van der Waals surface area (Å²) in [6.07, 6.45) is 2.83. The van der Waals surface area contributed by atoms with Crippen molar-refractivity contribution < 1.29 is 0 Å². The Morgan fingerprint density at radius 3 is 2.94 bits per heavy atom. The zero-order chi connectivity index (χ0) is 13.0. The number of hydrogen-bond acceptors (Lipinski definition) is 3. The second-order valence-corrected chi connectivity index (χ2v) is 4.52. The van der Waals surface area contributed by atoms with E-state index in [1.54, 1.807) is 6.20 Å². The van der Waals surface area contributed by atoms with Gasteiger partial charge in [-0.3, -0.25) is 4.79 Å². The molecular formula is C14H19N3O. The van der Waals surface area contributed by atoms with Gasteiger partial charge in [-0.25, -0.2) is 4.68 Å². The van der Waals surface area contributed by atoms with E-state index in [1.807, 2.05) is 24.3 Å². The number of nitrogens with one attached hydrogen (secondary N) is 1. The van der Waals surface area contributed by atoms with Gasteiger partial charge in [0, 0.05) is 18.0 Å². The molecule has 1 unspecified atom stereocenters. The van der Waals surface area contributed by atoms with E-state index in [-0.39, 0.29) is 5.56 Å². The minimum atomic E-state index is -0.0148. The van der Waals surface area contributed by atoms with E-state index >= 15 is 0 Å². The Labute approximate surface area is 107 Å². The van der Waals surface area contributed by atoms with E-state index in [4.69, 9.17) is 0 Å². The Bertz CT molecular complexity index is 577. The summed E-state index contributed by atoms with van der Waals surface area (Å²) in [7, 11) is 0. The highest BCUT2D eigenvalue weighted by molar-refractivity contribution is 5.80. The van der Waals surface area contributed by atoms with Crippen LogP contribution in [0.4, 0.5) is 0 Å². The van der Waals surface area contributed by atoms with Crippen molar-refractivity contribution in [2.24, 2.45) is 0 Å². The maximum atomic E-state index is 12.1. The predicted molar refractivity (Wildman–Crippen MR) is 73.8 cm³/mol. The van der Waals surface area contributed by atoms with Gasteiger partial charge < -0.3 is 5.32 Å². The molecule has 2 aromatic rings. The van der Waals surface area contributed by atoms with Crippen LogP contribution in [0.5, 0.6) is 0 Å². The van der Waals surface area contributed by atoms with Crippen LogP contribution in [-0.4, -0.2) is 22.4 Å². The molecule has 1 aromatic heterocycles. The van der Waals surface area contributed by atoms with Crippen LogP contribution in [0.2, 0.25) is 0 Å². The molecule has 0 fully saturated rings.